The second kappa shape index (κ2) is 10.5. The summed E-state index contributed by atoms with van der Waals surface area (Å²) in [4.78, 5) is 11.2. The molecule has 2 aliphatic rings. The second-order valence-corrected chi connectivity index (χ2v) is 9.69. The summed E-state index contributed by atoms with van der Waals surface area (Å²) in [6.07, 6.45) is 7.13. The van der Waals surface area contributed by atoms with Crippen molar-refractivity contribution in [1.82, 2.24) is 14.9 Å². The molecule has 0 bridgehead atoms. The maximum Gasteiger partial charge on any atom is 0.165 e. The van der Waals surface area contributed by atoms with Crippen LogP contribution in [0.1, 0.15) is 38.5 Å². The third kappa shape index (κ3) is 5.29. The predicted octanol–water partition coefficient (Wildman–Crippen LogP) is 5.32. The van der Waals surface area contributed by atoms with Gasteiger partial charge in [0.15, 0.2) is 17.3 Å². The molecule has 7 nitrogen and oxygen atoms in total. The first kappa shape index (κ1) is 24.0. The van der Waals surface area contributed by atoms with Crippen molar-refractivity contribution in [2.45, 2.75) is 56.8 Å². The molecule has 0 radical (unpaired) electrons. The fraction of sp³-hybridized carbons (Fsp3) is 0.462. The summed E-state index contributed by atoms with van der Waals surface area (Å²) in [5.74, 6) is 1.14. The summed E-state index contributed by atoms with van der Waals surface area (Å²) < 4.78 is 26.5. The van der Waals surface area contributed by atoms with E-state index in [2.05, 4.69) is 20.2 Å². The van der Waals surface area contributed by atoms with Gasteiger partial charge < -0.3 is 24.8 Å². The molecule has 9 heteroatoms. The average Bonchev–Trinajstić information content (AvgIpc) is 2.88. The zero-order valence-electron chi connectivity index (χ0n) is 19.7. The van der Waals surface area contributed by atoms with Crippen molar-refractivity contribution < 1.29 is 19.0 Å². The van der Waals surface area contributed by atoms with Gasteiger partial charge in [0.2, 0.25) is 0 Å². The van der Waals surface area contributed by atoms with Crippen molar-refractivity contribution in [1.29, 1.82) is 0 Å². The molecule has 35 heavy (non-hydrogen) atoms. The lowest BCUT2D eigenvalue weighted by Gasteiger charge is -2.40. The number of piperidine rings is 1. The Kier molecular flexibility index (Phi) is 7.22. The van der Waals surface area contributed by atoms with Gasteiger partial charge in [-0.25, -0.2) is 14.4 Å². The number of ether oxygens (including phenoxy) is 2. The van der Waals surface area contributed by atoms with Crippen LogP contribution in [-0.4, -0.2) is 58.4 Å². The number of halogens is 2. The van der Waals surface area contributed by atoms with E-state index < -0.39 is 5.82 Å². The third-order valence-corrected chi connectivity index (χ3v) is 7.37. The molecule has 0 unspecified atom stereocenters. The lowest BCUT2D eigenvalue weighted by Crippen LogP contribution is -2.45. The highest BCUT2D eigenvalue weighted by Gasteiger charge is 2.29. The Balaban J connectivity index is 1.33. The Morgan fingerprint density at radius 1 is 1.06 bits per heavy atom. The molecule has 1 aliphatic heterocycles. The number of rotatable bonds is 6. The monoisotopic (exact) mass is 500 g/mol. The van der Waals surface area contributed by atoms with E-state index in [9.17, 15) is 9.50 Å². The molecule has 1 saturated heterocycles. The van der Waals surface area contributed by atoms with Gasteiger partial charge in [0.05, 0.1) is 35.5 Å². The Hall–Kier alpha value is -2.68. The fourth-order valence-electron chi connectivity index (χ4n) is 5.10. The van der Waals surface area contributed by atoms with E-state index in [-0.39, 0.29) is 22.9 Å². The normalized spacial score (nSPS) is 21.7. The van der Waals surface area contributed by atoms with Crippen molar-refractivity contribution in [3.8, 4) is 11.5 Å². The van der Waals surface area contributed by atoms with E-state index >= 15 is 0 Å². The number of benzene rings is 2. The van der Waals surface area contributed by atoms with E-state index in [1.807, 2.05) is 12.1 Å². The van der Waals surface area contributed by atoms with Crippen LogP contribution in [-0.2, 0) is 0 Å². The van der Waals surface area contributed by atoms with Crippen LogP contribution in [0, 0.1) is 5.82 Å². The van der Waals surface area contributed by atoms with Crippen molar-refractivity contribution in [3.63, 3.8) is 0 Å². The number of nitrogens with one attached hydrogen (secondary N) is 1. The number of likely N-dealkylation sites (tertiary alicyclic amines) is 1. The van der Waals surface area contributed by atoms with Gasteiger partial charge in [-0.2, -0.15) is 0 Å². The largest absolute Gasteiger partial charge is 0.493 e. The number of anilines is 2. The van der Waals surface area contributed by atoms with Gasteiger partial charge in [0, 0.05) is 30.6 Å². The molecule has 0 atom stereocenters. The van der Waals surface area contributed by atoms with Gasteiger partial charge >= 0.3 is 0 Å². The Labute approximate surface area is 209 Å². The summed E-state index contributed by atoms with van der Waals surface area (Å²) in [7, 11) is 1.61. The number of nitrogens with zero attached hydrogens (tertiary/aromatic N) is 3. The van der Waals surface area contributed by atoms with E-state index in [1.54, 1.807) is 19.2 Å². The molecule has 1 saturated carbocycles. The highest BCUT2D eigenvalue weighted by atomic mass is 35.5. The van der Waals surface area contributed by atoms with Gasteiger partial charge in [-0.15, -0.1) is 0 Å². The number of methoxy groups -OCH3 is 1. The number of aliphatic hydroxyl groups is 1. The Morgan fingerprint density at radius 3 is 2.57 bits per heavy atom. The van der Waals surface area contributed by atoms with Crippen molar-refractivity contribution in [3.05, 3.63) is 47.5 Å². The number of fused-ring (bicyclic) bond motifs is 1. The maximum absolute atomic E-state index is 14.5. The molecule has 0 amide bonds. The van der Waals surface area contributed by atoms with Crippen LogP contribution in [0.25, 0.3) is 10.9 Å². The number of aromatic nitrogens is 2. The highest BCUT2D eigenvalue weighted by Crippen LogP contribution is 2.38. The lowest BCUT2D eigenvalue weighted by atomic mass is 9.90. The molecule has 2 fully saturated rings. The van der Waals surface area contributed by atoms with Gasteiger partial charge in [-0.1, -0.05) is 17.7 Å². The molecule has 186 valence electrons. The van der Waals surface area contributed by atoms with Crippen LogP contribution in [0.2, 0.25) is 5.02 Å². The molecule has 2 N–H and O–H groups in total. The molecular formula is C26H30ClFN4O3. The van der Waals surface area contributed by atoms with Gasteiger partial charge in [-0.05, 0) is 56.7 Å². The van der Waals surface area contributed by atoms with Crippen molar-refractivity contribution in [2.75, 3.05) is 25.5 Å². The summed E-state index contributed by atoms with van der Waals surface area (Å²) >= 11 is 5.94. The molecule has 1 aromatic heterocycles. The highest BCUT2D eigenvalue weighted by molar-refractivity contribution is 6.31. The topological polar surface area (TPSA) is 79.7 Å². The second-order valence-electron chi connectivity index (χ2n) is 9.28. The van der Waals surface area contributed by atoms with Crippen LogP contribution in [0.15, 0.2) is 36.7 Å². The minimum absolute atomic E-state index is 0.0374. The summed E-state index contributed by atoms with van der Waals surface area (Å²) in [6, 6.07) is 9.01. The van der Waals surface area contributed by atoms with Gasteiger partial charge in [0.25, 0.3) is 0 Å². The average molecular weight is 501 g/mol. The van der Waals surface area contributed by atoms with Crippen LogP contribution < -0.4 is 14.8 Å². The summed E-state index contributed by atoms with van der Waals surface area (Å²) in [6.45, 7) is 1.94. The van der Waals surface area contributed by atoms with Crippen molar-refractivity contribution in [2.24, 2.45) is 0 Å². The number of hydrogen-bond donors (Lipinski definition) is 2. The molecule has 1 aliphatic carbocycles. The fourth-order valence-corrected chi connectivity index (χ4v) is 5.28. The first-order valence-electron chi connectivity index (χ1n) is 12.1. The van der Waals surface area contributed by atoms with Crippen LogP contribution in [0.4, 0.5) is 15.9 Å². The smallest absolute Gasteiger partial charge is 0.165 e. The zero-order valence-corrected chi connectivity index (χ0v) is 20.5. The quantitative estimate of drug-likeness (QED) is 0.474. The van der Waals surface area contributed by atoms with Crippen LogP contribution in [0.5, 0.6) is 11.5 Å². The van der Waals surface area contributed by atoms with Crippen LogP contribution >= 0.6 is 11.6 Å². The van der Waals surface area contributed by atoms with E-state index in [0.29, 0.717) is 34.3 Å². The minimum atomic E-state index is -0.536. The van der Waals surface area contributed by atoms with E-state index in [4.69, 9.17) is 21.1 Å². The summed E-state index contributed by atoms with van der Waals surface area (Å²) in [5, 5.41) is 13.6. The first-order valence-corrected chi connectivity index (χ1v) is 12.5. The van der Waals surface area contributed by atoms with Gasteiger partial charge in [-0.3, -0.25) is 0 Å². The number of hydrogen-bond acceptors (Lipinski definition) is 7. The summed E-state index contributed by atoms with van der Waals surface area (Å²) in [5.41, 5.74) is 0.893. The maximum atomic E-state index is 14.5. The zero-order chi connectivity index (χ0) is 24.4. The van der Waals surface area contributed by atoms with Gasteiger partial charge in [0.1, 0.15) is 12.1 Å². The standard InChI is InChI=1S/C26H30ClFN4O3/c1-34-23-14-22-19(26(30-15-29-22)31-21-4-2-3-20(27)25(21)28)13-24(23)35-18-7-5-16(6-8-18)32-11-9-17(33)10-12-32/h2-4,13-18,33H,5-12H2,1H3,(H,29,30,31)/t16-,18+. The third-order valence-electron chi connectivity index (χ3n) is 7.08. The predicted molar refractivity (Wildman–Crippen MR) is 134 cm³/mol. The molecule has 5 rings (SSSR count). The van der Waals surface area contributed by atoms with Crippen molar-refractivity contribution >= 4 is 34.0 Å². The Bertz CT molecular complexity index is 1180. The molecule has 0 spiro atoms. The lowest BCUT2D eigenvalue weighted by molar-refractivity contribution is 0.0339. The SMILES string of the molecule is COc1cc2ncnc(Nc3cccc(Cl)c3F)c2cc1O[C@H]1CC[C@@H](N2CCC(O)CC2)CC1. The van der Waals surface area contributed by atoms with Crippen LogP contribution in [0.3, 0.4) is 0 Å². The Morgan fingerprint density at radius 2 is 1.83 bits per heavy atom. The molecule has 2 heterocycles. The molecule has 2 aromatic carbocycles. The van der Waals surface area contributed by atoms with E-state index in [0.717, 1.165) is 51.6 Å². The van der Waals surface area contributed by atoms with E-state index in [1.165, 1.54) is 12.4 Å². The first-order chi connectivity index (χ1) is 17.0. The molecule has 3 aromatic rings. The minimum Gasteiger partial charge on any atom is -0.493 e. The number of aliphatic hydroxyl groups excluding tert-OH is 1. The molecular weight excluding hydrogens is 471 g/mol.